The summed E-state index contributed by atoms with van der Waals surface area (Å²) in [5, 5.41) is 11.2. The van der Waals surface area contributed by atoms with E-state index >= 15 is 0 Å². The number of nitrogens with one attached hydrogen (secondary N) is 1. The van der Waals surface area contributed by atoms with Crippen molar-refractivity contribution >= 4 is 24.5 Å². The maximum atomic E-state index is 12.0. The normalized spacial score (nSPS) is 13.7. The molecule has 2 atom stereocenters. The Morgan fingerprint density at radius 3 is 2.38 bits per heavy atom. The van der Waals surface area contributed by atoms with Crippen molar-refractivity contribution in [1.29, 1.82) is 0 Å². The summed E-state index contributed by atoms with van der Waals surface area (Å²) in [6, 6.07) is 8.99. The molecule has 0 radical (unpaired) electrons. The number of carboxylic acid groups (broad SMARTS) is 1. The Kier molecular flexibility index (Phi) is 7.29. The molecule has 0 unspecified atom stereocenters. The highest BCUT2D eigenvalue weighted by Gasteiger charge is 2.23. The topological polar surface area (TPSA) is 66.4 Å². The molecule has 1 amide bonds. The second-order valence-corrected chi connectivity index (χ2v) is 6.19. The molecule has 4 nitrogen and oxygen atoms in total. The number of aryl methyl sites for hydroxylation is 1. The van der Waals surface area contributed by atoms with Gasteiger partial charge < -0.3 is 10.4 Å². The van der Waals surface area contributed by atoms with Crippen LogP contribution in [0.3, 0.4) is 0 Å². The SMILES string of the molecule is CC(C)C[C@H](NC(=O)[C@@H](S)CCc1ccccc1)C(=O)O. The van der Waals surface area contributed by atoms with E-state index in [4.69, 9.17) is 5.11 Å². The van der Waals surface area contributed by atoms with Crippen LogP contribution in [0, 0.1) is 5.92 Å². The van der Waals surface area contributed by atoms with Crippen LogP contribution in [0.5, 0.6) is 0 Å². The number of carbonyl (C=O) groups is 2. The average Bonchev–Trinajstić information content (AvgIpc) is 2.44. The number of amides is 1. The minimum Gasteiger partial charge on any atom is -0.480 e. The predicted molar refractivity (Wildman–Crippen MR) is 86.6 cm³/mol. The molecule has 0 fully saturated rings. The number of carboxylic acids is 1. The number of hydrogen-bond donors (Lipinski definition) is 3. The second kappa shape index (κ2) is 8.72. The van der Waals surface area contributed by atoms with Gasteiger partial charge in [-0.3, -0.25) is 4.79 Å². The number of aliphatic carboxylic acids is 1. The molecule has 0 saturated carbocycles. The largest absolute Gasteiger partial charge is 0.480 e. The van der Waals surface area contributed by atoms with Gasteiger partial charge in [0.25, 0.3) is 0 Å². The van der Waals surface area contributed by atoms with E-state index in [0.29, 0.717) is 12.8 Å². The molecule has 0 heterocycles. The quantitative estimate of drug-likeness (QED) is 0.647. The molecule has 0 spiro atoms. The molecule has 1 aromatic rings. The zero-order valence-electron chi connectivity index (χ0n) is 12.5. The molecule has 0 aliphatic heterocycles. The lowest BCUT2D eigenvalue weighted by molar-refractivity contribution is -0.142. The summed E-state index contributed by atoms with van der Waals surface area (Å²) < 4.78 is 0. The molecule has 0 saturated heterocycles. The zero-order chi connectivity index (χ0) is 15.8. The second-order valence-electron chi connectivity index (χ2n) is 5.57. The standard InChI is InChI=1S/C16H23NO3S/c1-11(2)10-13(16(19)20)17-15(18)14(21)9-8-12-6-4-3-5-7-12/h3-7,11,13-14,21H,8-10H2,1-2H3,(H,17,18)(H,19,20)/t13-,14-/m0/s1. The van der Waals surface area contributed by atoms with Crippen LogP contribution in [0.15, 0.2) is 30.3 Å². The van der Waals surface area contributed by atoms with Gasteiger partial charge in [0.05, 0.1) is 5.25 Å². The third-order valence-corrected chi connectivity index (χ3v) is 3.67. The van der Waals surface area contributed by atoms with Gasteiger partial charge in [0.1, 0.15) is 6.04 Å². The molecule has 1 rings (SSSR count). The maximum absolute atomic E-state index is 12.0. The van der Waals surface area contributed by atoms with Gasteiger partial charge in [0.15, 0.2) is 0 Å². The fourth-order valence-corrected chi connectivity index (χ4v) is 2.24. The molecule has 21 heavy (non-hydrogen) atoms. The Morgan fingerprint density at radius 1 is 1.24 bits per heavy atom. The van der Waals surface area contributed by atoms with Gasteiger partial charge in [-0.2, -0.15) is 12.6 Å². The molecule has 0 aromatic heterocycles. The molecule has 0 aliphatic rings. The van der Waals surface area contributed by atoms with Crippen molar-refractivity contribution < 1.29 is 14.7 Å². The summed E-state index contributed by atoms with van der Waals surface area (Å²) in [4.78, 5) is 23.1. The molecule has 1 aromatic carbocycles. The Balaban J connectivity index is 2.47. The van der Waals surface area contributed by atoms with Crippen molar-refractivity contribution in [3.63, 3.8) is 0 Å². The van der Waals surface area contributed by atoms with E-state index in [1.54, 1.807) is 0 Å². The molecule has 0 bridgehead atoms. The third-order valence-electron chi connectivity index (χ3n) is 3.17. The predicted octanol–water partition coefficient (Wildman–Crippen LogP) is 2.53. The van der Waals surface area contributed by atoms with Gasteiger partial charge in [-0.1, -0.05) is 44.2 Å². The summed E-state index contributed by atoms with van der Waals surface area (Å²) in [6.45, 7) is 3.85. The Hall–Kier alpha value is -1.49. The highest BCUT2D eigenvalue weighted by Crippen LogP contribution is 2.11. The van der Waals surface area contributed by atoms with E-state index in [1.807, 2.05) is 44.2 Å². The van der Waals surface area contributed by atoms with Gasteiger partial charge in [-0.15, -0.1) is 0 Å². The lowest BCUT2D eigenvalue weighted by Gasteiger charge is -2.19. The Bertz CT molecular complexity index is 462. The lowest BCUT2D eigenvalue weighted by Crippen LogP contribution is -2.44. The number of carbonyl (C=O) groups excluding carboxylic acids is 1. The van der Waals surface area contributed by atoms with E-state index < -0.39 is 17.3 Å². The fraction of sp³-hybridized carbons (Fsp3) is 0.500. The van der Waals surface area contributed by atoms with E-state index in [9.17, 15) is 9.59 Å². The molecular formula is C16H23NO3S. The summed E-state index contributed by atoms with van der Waals surface area (Å²) >= 11 is 4.28. The molecule has 2 N–H and O–H groups in total. The monoisotopic (exact) mass is 309 g/mol. The van der Waals surface area contributed by atoms with Gasteiger partial charge >= 0.3 is 5.97 Å². The van der Waals surface area contributed by atoms with Crippen LogP contribution in [0.25, 0.3) is 0 Å². The van der Waals surface area contributed by atoms with Crippen molar-refractivity contribution in [2.45, 2.75) is 44.4 Å². The van der Waals surface area contributed by atoms with Gasteiger partial charge in [-0.25, -0.2) is 4.79 Å². The van der Waals surface area contributed by atoms with Gasteiger partial charge in [-0.05, 0) is 30.7 Å². The summed E-state index contributed by atoms with van der Waals surface area (Å²) in [6.07, 6.45) is 1.73. The van der Waals surface area contributed by atoms with Crippen molar-refractivity contribution in [1.82, 2.24) is 5.32 Å². The number of thiol groups is 1. The van der Waals surface area contributed by atoms with Gasteiger partial charge in [0, 0.05) is 0 Å². The maximum Gasteiger partial charge on any atom is 0.326 e. The fourth-order valence-electron chi connectivity index (χ4n) is 2.04. The highest BCUT2D eigenvalue weighted by molar-refractivity contribution is 7.81. The van der Waals surface area contributed by atoms with Crippen LogP contribution in [-0.4, -0.2) is 28.3 Å². The van der Waals surface area contributed by atoms with Crippen molar-refractivity contribution in [3.8, 4) is 0 Å². The smallest absolute Gasteiger partial charge is 0.326 e. The third kappa shape index (κ3) is 6.67. The minimum absolute atomic E-state index is 0.203. The number of rotatable bonds is 8. The van der Waals surface area contributed by atoms with E-state index in [1.165, 1.54) is 0 Å². The minimum atomic E-state index is -0.999. The highest BCUT2D eigenvalue weighted by atomic mass is 32.1. The van der Waals surface area contributed by atoms with Gasteiger partial charge in [0.2, 0.25) is 5.91 Å². The van der Waals surface area contributed by atoms with Crippen molar-refractivity contribution in [3.05, 3.63) is 35.9 Å². The average molecular weight is 309 g/mol. The van der Waals surface area contributed by atoms with Crippen LogP contribution in [0.1, 0.15) is 32.3 Å². The zero-order valence-corrected chi connectivity index (χ0v) is 13.3. The van der Waals surface area contributed by atoms with Crippen LogP contribution >= 0.6 is 12.6 Å². The van der Waals surface area contributed by atoms with E-state index in [-0.39, 0.29) is 11.8 Å². The lowest BCUT2D eigenvalue weighted by atomic mass is 10.0. The van der Waals surface area contributed by atoms with Crippen molar-refractivity contribution in [2.24, 2.45) is 5.92 Å². The molecular weight excluding hydrogens is 286 g/mol. The first-order valence-corrected chi connectivity index (χ1v) is 7.67. The van der Waals surface area contributed by atoms with Crippen LogP contribution in [0.4, 0.5) is 0 Å². The molecule has 5 heteroatoms. The summed E-state index contributed by atoms with van der Waals surface area (Å²) in [7, 11) is 0. The first-order valence-electron chi connectivity index (χ1n) is 7.15. The summed E-state index contributed by atoms with van der Waals surface area (Å²) in [5.41, 5.74) is 1.14. The summed E-state index contributed by atoms with van der Waals surface area (Å²) in [5.74, 6) is -1.11. The number of hydrogen-bond acceptors (Lipinski definition) is 3. The molecule has 0 aliphatic carbocycles. The van der Waals surface area contributed by atoms with Crippen molar-refractivity contribution in [2.75, 3.05) is 0 Å². The first-order chi connectivity index (χ1) is 9.90. The number of benzene rings is 1. The Morgan fingerprint density at radius 2 is 1.86 bits per heavy atom. The first kappa shape index (κ1) is 17.6. The molecule has 116 valence electrons. The van der Waals surface area contributed by atoms with Crippen LogP contribution in [0.2, 0.25) is 0 Å². The van der Waals surface area contributed by atoms with Crippen LogP contribution in [-0.2, 0) is 16.0 Å². The van der Waals surface area contributed by atoms with Crippen LogP contribution < -0.4 is 5.32 Å². The van der Waals surface area contributed by atoms with E-state index in [0.717, 1.165) is 12.0 Å². The Labute approximate surface area is 131 Å². The van der Waals surface area contributed by atoms with E-state index in [2.05, 4.69) is 17.9 Å².